The first-order chi connectivity index (χ1) is 7.58. The SMILES string of the molecule is CCCC(CN)=Nc1cc(F)c(Br)cc1C. The van der Waals surface area contributed by atoms with Gasteiger partial charge in [0.25, 0.3) is 0 Å². The van der Waals surface area contributed by atoms with Gasteiger partial charge in [0.15, 0.2) is 0 Å². The van der Waals surface area contributed by atoms with Crippen molar-refractivity contribution in [2.75, 3.05) is 6.54 Å². The topological polar surface area (TPSA) is 38.4 Å². The van der Waals surface area contributed by atoms with Gasteiger partial charge in [-0.1, -0.05) is 13.3 Å². The van der Waals surface area contributed by atoms with Crippen LogP contribution in [0, 0.1) is 12.7 Å². The van der Waals surface area contributed by atoms with Crippen molar-refractivity contribution in [3.05, 3.63) is 28.0 Å². The highest BCUT2D eigenvalue weighted by atomic mass is 79.9. The van der Waals surface area contributed by atoms with Crippen molar-refractivity contribution in [3.8, 4) is 0 Å². The first-order valence-electron chi connectivity index (χ1n) is 5.30. The summed E-state index contributed by atoms with van der Waals surface area (Å²) in [6.07, 6.45) is 1.85. The largest absolute Gasteiger partial charge is 0.325 e. The molecule has 0 aromatic heterocycles. The summed E-state index contributed by atoms with van der Waals surface area (Å²) in [7, 11) is 0. The number of halogens is 2. The van der Waals surface area contributed by atoms with E-state index in [2.05, 4.69) is 27.8 Å². The third-order valence-corrected chi connectivity index (χ3v) is 2.90. The van der Waals surface area contributed by atoms with Crippen LogP contribution in [0.5, 0.6) is 0 Å². The first-order valence-corrected chi connectivity index (χ1v) is 6.10. The van der Waals surface area contributed by atoms with Crippen LogP contribution >= 0.6 is 15.9 Å². The van der Waals surface area contributed by atoms with Gasteiger partial charge in [0.05, 0.1) is 10.2 Å². The number of benzene rings is 1. The molecule has 0 atom stereocenters. The maximum Gasteiger partial charge on any atom is 0.139 e. The number of hydrogen-bond donors (Lipinski definition) is 1. The molecule has 0 aliphatic heterocycles. The first kappa shape index (κ1) is 13.3. The van der Waals surface area contributed by atoms with Crippen LogP contribution in [0.1, 0.15) is 25.3 Å². The predicted molar refractivity (Wildman–Crippen MR) is 69.9 cm³/mol. The lowest BCUT2D eigenvalue weighted by atomic mass is 10.2. The molecule has 0 amide bonds. The molecule has 0 aliphatic rings. The van der Waals surface area contributed by atoms with Crippen molar-refractivity contribution < 1.29 is 4.39 Å². The second kappa shape index (κ2) is 6.11. The standard InChI is InChI=1S/C12H16BrFN2/c1-3-4-9(7-15)16-12-6-11(14)10(13)5-8(12)2/h5-6H,3-4,7,15H2,1-2H3. The van der Waals surface area contributed by atoms with Crippen LogP contribution in [0.15, 0.2) is 21.6 Å². The van der Waals surface area contributed by atoms with E-state index in [9.17, 15) is 4.39 Å². The Balaban J connectivity index is 3.08. The Morgan fingerprint density at radius 1 is 1.50 bits per heavy atom. The third kappa shape index (κ3) is 3.39. The summed E-state index contributed by atoms with van der Waals surface area (Å²) < 4.78 is 13.8. The molecule has 16 heavy (non-hydrogen) atoms. The molecule has 2 nitrogen and oxygen atoms in total. The van der Waals surface area contributed by atoms with Gasteiger partial charge in [-0.2, -0.15) is 0 Å². The van der Waals surface area contributed by atoms with E-state index in [1.807, 2.05) is 6.92 Å². The van der Waals surface area contributed by atoms with Crippen LogP contribution in [0.3, 0.4) is 0 Å². The summed E-state index contributed by atoms with van der Waals surface area (Å²) in [5, 5.41) is 0. The highest BCUT2D eigenvalue weighted by Gasteiger charge is 2.05. The summed E-state index contributed by atoms with van der Waals surface area (Å²) in [6, 6.07) is 3.17. The van der Waals surface area contributed by atoms with Crippen molar-refractivity contribution in [2.45, 2.75) is 26.7 Å². The average molecular weight is 287 g/mol. The Hall–Kier alpha value is -0.740. The minimum atomic E-state index is -0.294. The predicted octanol–water partition coefficient (Wildman–Crippen LogP) is 3.73. The number of nitrogens with zero attached hydrogens (tertiary/aromatic N) is 1. The fourth-order valence-electron chi connectivity index (χ4n) is 1.42. The molecule has 88 valence electrons. The lowest BCUT2D eigenvalue weighted by Gasteiger charge is -2.06. The molecule has 1 aromatic rings. The molecule has 4 heteroatoms. The van der Waals surface area contributed by atoms with Crippen molar-refractivity contribution in [1.29, 1.82) is 0 Å². The highest BCUT2D eigenvalue weighted by molar-refractivity contribution is 9.10. The van der Waals surface area contributed by atoms with E-state index in [1.165, 1.54) is 6.07 Å². The van der Waals surface area contributed by atoms with Gasteiger partial charge in [0.2, 0.25) is 0 Å². The van der Waals surface area contributed by atoms with E-state index in [1.54, 1.807) is 6.07 Å². The number of aryl methyl sites for hydroxylation is 1. The van der Waals surface area contributed by atoms with E-state index < -0.39 is 0 Å². The Morgan fingerprint density at radius 2 is 2.19 bits per heavy atom. The summed E-state index contributed by atoms with van der Waals surface area (Å²) >= 11 is 3.15. The molecular weight excluding hydrogens is 271 g/mol. The molecule has 0 unspecified atom stereocenters. The Kier molecular flexibility index (Phi) is 5.09. The number of hydrogen-bond acceptors (Lipinski definition) is 2. The van der Waals surface area contributed by atoms with Crippen molar-refractivity contribution in [2.24, 2.45) is 10.7 Å². The maximum absolute atomic E-state index is 13.4. The fraction of sp³-hybridized carbons (Fsp3) is 0.417. The summed E-state index contributed by atoms with van der Waals surface area (Å²) in [6.45, 7) is 4.40. The lowest BCUT2D eigenvalue weighted by molar-refractivity contribution is 0.621. The summed E-state index contributed by atoms with van der Waals surface area (Å²) in [5.41, 5.74) is 8.10. The zero-order valence-corrected chi connectivity index (χ0v) is 11.1. The number of rotatable bonds is 4. The minimum Gasteiger partial charge on any atom is -0.325 e. The Morgan fingerprint density at radius 3 is 2.75 bits per heavy atom. The average Bonchev–Trinajstić information content (AvgIpc) is 2.25. The van der Waals surface area contributed by atoms with Crippen LogP contribution in [0.25, 0.3) is 0 Å². The molecule has 0 spiro atoms. The van der Waals surface area contributed by atoms with Gasteiger partial charge in [-0.3, -0.25) is 4.99 Å². The van der Waals surface area contributed by atoms with Crippen molar-refractivity contribution in [3.63, 3.8) is 0 Å². The van der Waals surface area contributed by atoms with Crippen LogP contribution in [-0.4, -0.2) is 12.3 Å². The van der Waals surface area contributed by atoms with Gasteiger partial charge >= 0.3 is 0 Å². The van der Waals surface area contributed by atoms with E-state index >= 15 is 0 Å². The van der Waals surface area contributed by atoms with E-state index in [0.29, 0.717) is 16.7 Å². The minimum absolute atomic E-state index is 0.294. The molecule has 0 saturated heterocycles. The number of nitrogens with two attached hydrogens (primary N) is 1. The monoisotopic (exact) mass is 286 g/mol. The van der Waals surface area contributed by atoms with Gasteiger partial charge in [-0.05, 0) is 40.9 Å². The van der Waals surface area contributed by atoms with Gasteiger partial charge < -0.3 is 5.73 Å². The highest BCUT2D eigenvalue weighted by Crippen LogP contribution is 2.26. The van der Waals surface area contributed by atoms with E-state index in [0.717, 1.165) is 24.1 Å². The van der Waals surface area contributed by atoms with Crippen LogP contribution < -0.4 is 5.73 Å². The fourth-order valence-corrected chi connectivity index (χ4v) is 1.88. The second-order valence-electron chi connectivity index (χ2n) is 3.68. The Labute approximate surface area is 104 Å². The third-order valence-electron chi connectivity index (χ3n) is 2.29. The van der Waals surface area contributed by atoms with Gasteiger partial charge in [-0.15, -0.1) is 0 Å². The van der Waals surface area contributed by atoms with E-state index in [-0.39, 0.29) is 5.82 Å². The zero-order valence-electron chi connectivity index (χ0n) is 9.56. The van der Waals surface area contributed by atoms with Crippen LogP contribution in [-0.2, 0) is 0 Å². The van der Waals surface area contributed by atoms with E-state index in [4.69, 9.17) is 5.73 Å². The van der Waals surface area contributed by atoms with Crippen molar-refractivity contribution in [1.82, 2.24) is 0 Å². The lowest BCUT2D eigenvalue weighted by Crippen LogP contribution is -2.13. The molecule has 0 heterocycles. The van der Waals surface area contributed by atoms with Gasteiger partial charge in [0, 0.05) is 18.3 Å². The molecule has 0 aliphatic carbocycles. The normalized spacial score (nSPS) is 11.9. The summed E-state index contributed by atoms with van der Waals surface area (Å²) in [5.74, 6) is -0.294. The quantitative estimate of drug-likeness (QED) is 0.842. The maximum atomic E-state index is 13.4. The smallest absolute Gasteiger partial charge is 0.139 e. The molecule has 1 aromatic carbocycles. The second-order valence-corrected chi connectivity index (χ2v) is 4.54. The molecule has 0 radical (unpaired) electrons. The summed E-state index contributed by atoms with van der Waals surface area (Å²) in [4.78, 5) is 4.40. The molecule has 0 bridgehead atoms. The van der Waals surface area contributed by atoms with Crippen LogP contribution in [0.2, 0.25) is 0 Å². The Bertz CT molecular complexity index is 402. The molecule has 0 saturated carbocycles. The van der Waals surface area contributed by atoms with Gasteiger partial charge in [0.1, 0.15) is 5.82 Å². The zero-order chi connectivity index (χ0) is 12.1. The molecule has 0 fully saturated rings. The molecular formula is C12H16BrFN2. The van der Waals surface area contributed by atoms with Crippen LogP contribution in [0.4, 0.5) is 10.1 Å². The molecule has 1 rings (SSSR count). The van der Waals surface area contributed by atoms with Crippen molar-refractivity contribution >= 4 is 27.3 Å². The number of aliphatic imine (C=N–C) groups is 1. The van der Waals surface area contributed by atoms with Gasteiger partial charge in [-0.25, -0.2) is 4.39 Å². The molecule has 2 N–H and O–H groups in total.